The van der Waals surface area contributed by atoms with Crippen LogP contribution in [0.2, 0.25) is 0 Å². The molecule has 3 rings (SSSR count). The summed E-state index contributed by atoms with van der Waals surface area (Å²) in [6, 6.07) is 8.12. The minimum atomic E-state index is 0.775. The van der Waals surface area contributed by atoms with Gasteiger partial charge in [0.05, 0.1) is 5.52 Å². The van der Waals surface area contributed by atoms with Crippen molar-refractivity contribution in [2.24, 2.45) is 0 Å². The Morgan fingerprint density at radius 2 is 1.84 bits per heavy atom. The van der Waals surface area contributed by atoms with Crippen LogP contribution in [-0.2, 0) is 0 Å². The van der Waals surface area contributed by atoms with Gasteiger partial charge < -0.3 is 9.80 Å². The molecule has 0 unspecified atom stereocenters. The van der Waals surface area contributed by atoms with Crippen LogP contribution >= 0.6 is 0 Å². The third-order valence-electron chi connectivity index (χ3n) is 3.17. The highest BCUT2D eigenvalue weighted by molar-refractivity contribution is 5.90. The highest BCUT2D eigenvalue weighted by Gasteiger charge is 2.19. The molecule has 1 aliphatic heterocycles. The molecule has 1 N–H and O–H groups in total. The first-order chi connectivity index (χ1) is 9.38. The van der Waals surface area contributed by atoms with Gasteiger partial charge in [0.2, 0.25) is 0 Å². The molecule has 1 fully saturated rings. The third-order valence-corrected chi connectivity index (χ3v) is 3.17. The largest absolute Gasteiger partial charge is 0.351 e. The molecular formula is C14H19N5. The van der Waals surface area contributed by atoms with Crippen molar-refractivity contribution in [1.29, 1.82) is 5.26 Å². The number of H-pyrrole nitrogens is 1. The predicted octanol–water partition coefficient (Wildman–Crippen LogP) is 2.19. The summed E-state index contributed by atoms with van der Waals surface area (Å²) in [6.45, 7) is 7.25. The number of nitriles is 1. The lowest BCUT2D eigenvalue weighted by Gasteiger charge is -2.31. The molecule has 0 amide bonds. The average molecular weight is 257 g/mol. The van der Waals surface area contributed by atoms with Gasteiger partial charge in [-0.05, 0) is 12.1 Å². The zero-order chi connectivity index (χ0) is 13.7. The summed E-state index contributed by atoms with van der Waals surface area (Å²) in [6.07, 6.45) is 2.19. The maximum atomic E-state index is 8.82. The molecule has 100 valence electrons. The van der Waals surface area contributed by atoms with Crippen molar-refractivity contribution in [2.45, 2.75) is 13.8 Å². The SMILES string of the molecule is CC.N#CN1CCN(c2n[nH]c3ccccc23)CC1. The lowest BCUT2D eigenvalue weighted by atomic mass is 10.2. The van der Waals surface area contributed by atoms with E-state index in [1.807, 2.05) is 32.0 Å². The number of nitrogens with zero attached hydrogens (tertiary/aromatic N) is 4. The van der Waals surface area contributed by atoms with Crippen LogP contribution in [-0.4, -0.2) is 41.3 Å². The molecule has 0 aliphatic carbocycles. The molecule has 0 bridgehead atoms. The van der Waals surface area contributed by atoms with Gasteiger partial charge in [-0.15, -0.1) is 0 Å². The molecule has 2 aromatic rings. The van der Waals surface area contributed by atoms with Crippen molar-refractivity contribution in [1.82, 2.24) is 15.1 Å². The molecular weight excluding hydrogens is 238 g/mol. The summed E-state index contributed by atoms with van der Waals surface area (Å²) < 4.78 is 0. The van der Waals surface area contributed by atoms with Crippen molar-refractivity contribution in [3.63, 3.8) is 0 Å². The van der Waals surface area contributed by atoms with E-state index in [2.05, 4.69) is 27.4 Å². The van der Waals surface area contributed by atoms with Gasteiger partial charge in [-0.1, -0.05) is 26.0 Å². The topological polar surface area (TPSA) is 59.0 Å². The lowest BCUT2D eigenvalue weighted by molar-refractivity contribution is 0.362. The monoisotopic (exact) mass is 257 g/mol. The summed E-state index contributed by atoms with van der Waals surface area (Å²) in [7, 11) is 0. The van der Waals surface area contributed by atoms with Crippen LogP contribution in [0.25, 0.3) is 10.9 Å². The second-order valence-corrected chi connectivity index (χ2v) is 4.17. The molecule has 0 saturated carbocycles. The molecule has 19 heavy (non-hydrogen) atoms. The normalized spacial score (nSPS) is 14.8. The molecule has 2 heterocycles. The number of fused-ring (bicyclic) bond motifs is 1. The Morgan fingerprint density at radius 1 is 1.16 bits per heavy atom. The molecule has 5 nitrogen and oxygen atoms in total. The van der Waals surface area contributed by atoms with Gasteiger partial charge in [-0.2, -0.15) is 10.4 Å². The highest BCUT2D eigenvalue weighted by Crippen LogP contribution is 2.24. The number of hydrogen-bond donors (Lipinski definition) is 1. The van der Waals surface area contributed by atoms with Crippen LogP contribution in [0.1, 0.15) is 13.8 Å². The summed E-state index contributed by atoms with van der Waals surface area (Å²) in [5.74, 6) is 0.998. The fourth-order valence-corrected chi connectivity index (χ4v) is 2.21. The number of nitrogens with one attached hydrogen (secondary N) is 1. The predicted molar refractivity (Wildman–Crippen MR) is 76.8 cm³/mol. The van der Waals surface area contributed by atoms with E-state index in [0.29, 0.717) is 0 Å². The first kappa shape index (κ1) is 13.2. The first-order valence-electron chi connectivity index (χ1n) is 6.71. The summed E-state index contributed by atoms with van der Waals surface area (Å²) in [5, 5.41) is 17.4. The number of para-hydroxylation sites is 1. The summed E-state index contributed by atoms with van der Waals surface area (Å²) in [5.41, 5.74) is 1.06. The van der Waals surface area contributed by atoms with E-state index in [9.17, 15) is 0 Å². The number of hydrogen-bond acceptors (Lipinski definition) is 4. The molecule has 1 aromatic heterocycles. The molecule has 1 aromatic carbocycles. The van der Waals surface area contributed by atoms with Crippen LogP contribution in [0, 0.1) is 11.5 Å². The van der Waals surface area contributed by atoms with Crippen molar-refractivity contribution in [2.75, 3.05) is 31.1 Å². The Morgan fingerprint density at radius 3 is 2.53 bits per heavy atom. The van der Waals surface area contributed by atoms with E-state index in [1.54, 1.807) is 4.90 Å². The molecule has 1 saturated heterocycles. The molecule has 1 aliphatic rings. The Balaban J connectivity index is 0.000000637. The van der Waals surface area contributed by atoms with Crippen molar-refractivity contribution in [3.8, 4) is 6.19 Å². The smallest absolute Gasteiger partial charge is 0.179 e. The standard InChI is InChI=1S/C12H13N5.C2H6/c13-9-16-5-7-17(8-6-16)12-10-3-1-2-4-11(10)14-15-12;1-2/h1-4H,5-8H2,(H,14,15);1-2H3. The first-order valence-corrected chi connectivity index (χ1v) is 6.71. The zero-order valence-electron chi connectivity index (χ0n) is 11.4. The number of aromatic amines is 1. The second kappa shape index (κ2) is 6.10. The van der Waals surface area contributed by atoms with E-state index < -0.39 is 0 Å². The molecule has 5 heteroatoms. The highest BCUT2D eigenvalue weighted by atomic mass is 15.3. The van der Waals surface area contributed by atoms with Gasteiger partial charge in [0.25, 0.3) is 0 Å². The molecule has 0 atom stereocenters. The van der Waals surface area contributed by atoms with Gasteiger partial charge in [0, 0.05) is 31.6 Å². The fourth-order valence-electron chi connectivity index (χ4n) is 2.21. The third kappa shape index (κ3) is 2.63. The number of benzene rings is 1. The van der Waals surface area contributed by atoms with Gasteiger partial charge in [-0.25, -0.2) is 0 Å². The van der Waals surface area contributed by atoms with Crippen LogP contribution in [0.4, 0.5) is 5.82 Å². The van der Waals surface area contributed by atoms with E-state index >= 15 is 0 Å². The number of rotatable bonds is 1. The Labute approximate surface area is 113 Å². The number of piperazine rings is 1. The summed E-state index contributed by atoms with van der Waals surface area (Å²) in [4.78, 5) is 4.01. The van der Waals surface area contributed by atoms with Crippen LogP contribution in [0.15, 0.2) is 24.3 Å². The Bertz CT molecular complexity index is 560. The maximum absolute atomic E-state index is 8.82. The zero-order valence-corrected chi connectivity index (χ0v) is 11.4. The van der Waals surface area contributed by atoms with Gasteiger partial charge in [0.15, 0.2) is 12.0 Å². The van der Waals surface area contributed by atoms with Gasteiger partial charge in [0.1, 0.15) is 0 Å². The second-order valence-electron chi connectivity index (χ2n) is 4.17. The van der Waals surface area contributed by atoms with Crippen molar-refractivity contribution < 1.29 is 0 Å². The summed E-state index contributed by atoms with van der Waals surface area (Å²) >= 11 is 0. The van der Waals surface area contributed by atoms with Crippen LogP contribution in [0.5, 0.6) is 0 Å². The number of anilines is 1. The fraction of sp³-hybridized carbons (Fsp3) is 0.429. The Hall–Kier alpha value is -2.22. The average Bonchev–Trinajstić information content (AvgIpc) is 2.93. The number of aromatic nitrogens is 2. The van der Waals surface area contributed by atoms with Gasteiger partial charge >= 0.3 is 0 Å². The minimum Gasteiger partial charge on any atom is -0.351 e. The van der Waals surface area contributed by atoms with Crippen molar-refractivity contribution >= 4 is 16.7 Å². The minimum absolute atomic E-state index is 0.775. The lowest BCUT2D eigenvalue weighted by Crippen LogP contribution is -2.44. The van der Waals surface area contributed by atoms with Crippen LogP contribution in [0.3, 0.4) is 0 Å². The quantitative estimate of drug-likeness (QED) is 0.796. The van der Waals surface area contributed by atoms with Crippen molar-refractivity contribution in [3.05, 3.63) is 24.3 Å². The van der Waals surface area contributed by atoms with Gasteiger partial charge in [-0.3, -0.25) is 5.10 Å². The van der Waals surface area contributed by atoms with E-state index in [4.69, 9.17) is 5.26 Å². The van der Waals surface area contributed by atoms with E-state index in [0.717, 1.165) is 42.9 Å². The molecule has 0 radical (unpaired) electrons. The van der Waals surface area contributed by atoms with E-state index in [-0.39, 0.29) is 0 Å². The molecule has 0 spiro atoms. The Kier molecular flexibility index (Phi) is 4.24. The van der Waals surface area contributed by atoms with Crippen LogP contribution < -0.4 is 4.90 Å². The van der Waals surface area contributed by atoms with E-state index in [1.165, 1.54) is 0 Å². The maximum Gasteiger partial charge on any atom is 0.179 e.